The van der Waals surface area contributed by atoms with Crippen molar-refractivity contribution >= 4 is 28.1 Å². The van der Waals surface area contributed by atoms with Gasteiger partial charge in [0.25, 0.3) is 5.91 Å². The number of benzene rings is 1. The average Bonchev–Trinajstić information content (AvgIpc) is 2.96. The van der Waals surface area contributed by atoms with Crippen LogP contribution >= 0.6 is 11.3 Å². The van der Waals surface area contributed by atoms with Crippen molar-refractivity contribution in [3.05, 3.63) is 29.3 Å². The number of hydrogen-bond donors (Lipinski definition) is 2. The zero-order valence-electron chi connectivity index (χ0n) is 12.1. The predicted molar refractivity (Wildman–Crippen MR) is 82.9 cm³/mol. The minimum atomic E-state index is -0.177. The zero-order chi connectivity index (χ0) is 15.2. The highest BCUT2D eigenvalue weighted by Crippen LogP contribution is 2.32. The summed E-state index contributed by atoms with van der Waals surface area (Å²) >= 11 is 1.36. The number of carbonyl (C=O) groups is 1. The summed E-state index contributed by atoms with van der Waals surface area (Å²) in [6, 6.07) is 5.44. The van der Waals surface area contributed by atoms with E-state index in [9.17, 15) is 4.79 Å². The van der Waals surface area contributed by atoms with E-state index >= 15 is 0 Å². The molecule has 7 heteroatoms. The number of carbonyl (C=O) groups excluding carboxylic acids is 1. The first-order valence-corrected chi connectivity index (χ1v) is 7.28. The normalized spacial score (nSPS) is 10.0. The third-order valence-corrected chi connectivity index (χ3v) is 3.48. The van der Waals surface area contributed by atoms with Crippen molar-refractivity contribution in [1.82, 2.24) is 10.3 Å². The Kier molecular flexibility index (Phi) is 4.99. The smallest absolute Gasteiger partial charge is 0.270 e. The van der Waals surface area contributed by atoms with Gasteiger partial charge in [0.15, 0.2) is 5.13 Å². The molecule has 0 bridgehead atoms. The zero-order valence-corrected chi connectivity index (χ0v) is 12.9. The maximum atomic E-state index is 11.7. The van der Waals surface area contributed by atoms with Crippen LogP contribution in [-0.4, -0.2) is 31.7 Å². The van der Waals surface area contributed by atoms with Gasteiger partial charge in [0.05, 0.1) is 19.9 Å². The summed E-state index contributed by atoms with van der Waals surface area (Å²) < 4.78 is 10.5. The largest absolute Gasteiger partial charge is 0.497 e. The van der Waals surface area contributed by atoms with Crippen LogP contribution in [0.4, 0.5) is 10.8 Å². The third kappa shape index (κ3) is 3.63. The lowest BCUT2D eigenvalue weighted by Crippen LogP contribution is -2.22. The molecule has 112 valence electrons. The van der Waals surface area contributed by atoms with Gasteiger partial charge in [-0.05, 0) is 19.1 Å². The molecule has 0 fully saturated rings. The fourth-order valence-corrected chi connectivity index (χ4v) is 2.41. The Morgan fingerprint density at radius 2 is 2.14 bits per heavy atom. The Balaban J connectivity index is 2.16. The molecule has 21 heavy (non-hydrogen) atoms. The highest BCUT2D eigenvalue weighted by atomic mass is 32.1. The Morgan fingerprint density at radius 1 is 1.33 bits per heavy atom. The highest BCUT2D eigenvalue weighted by molar-refractivity contribution is 7.14. The van der Waals surface area contributed by atoms with Gasteiger partial charge >= 0.3 is 0 Å². The van der Waals surface area contributed by atoms with Crippen LogP contribution in [0.15, 0.2) is 23.6 Å². The first-order valence-electron chi connectivity index (χ1n) is 6.40. The Morgan fingerprint density at radius 3 is 2.81 bits per heavy atom. The van der Waals surface area contributed by atoms with Crippen LogP contribution in [0.2, 0.25) is 0 Å². The number of rotatable bonds is 6. The second kappa shape index (κ2) is 6.94. The molecule has 0 aliphatic rings. The van der Waals surface area contributed by atoms with E-state index in [1.165, 1.54) is 11.3 Å². The Hall–Kier alpha value is -2.28. The van der Waals surface area contributed by atoms with Crippen LogP contribution in [0.25, 0.3) is 0 Å². The molecule has 0 radical (unpaired) electrons. The predicted octanol–water partition coefficient (Wildman–Crippen LogP) is 2.65. The minimum absolute atomic E-state index is 0.177. The topological polar surface area (TPSA) is 72.5 Å². The molecule has 0 saturated heterocycles. The van der Waals surface area contributed by atoms with Crippen molar-refractivity contribution in [1.29, 1.82) is 0 Å². The summed E-state index contributed by atoms with van der Waals surface area (Å²) in [6.07, 6.45) is 0. The molecule has 0 saturated carbocycles. The van der Waals surface area contributed by atoms with E-state index in [1.807, 2.05) is 19.1 Å². The molecule has 0 spiro atoms. The molecule has 1 amide bonds. The van der Waals surface area contributed by atoms with Gasteiger partial charge in [-0.15, -0.1) is 11.3 Å². The molecule has 1 aromatic carbocycles. The number of anilines is 2. The molecule has 1 heterocycles. The van der Waals surface area contributed by atoms with Gasteiger partial charge in [-0.3, -0.25) is 4.79 Å². The van der Waals surface area contributed by atoms with Crippen LogP contribution in [0.5, 0.6) is 11.5 Å². The van der Waals surface area contributed by atoms with E-state index < -0.39 is 0 Å². The van der Waals surface area contributed by atoms with Crippen molar-refractivity contribution < 1.29 is 14.3 Å². The first-order chi connectivity index (χ1) is 10.2. The van der Waals surface area contributed by atoms with Gasteiger partial charge in [0.2, 0.25) is 0 Å². The summed E-state index contributed by atoms with van der Waals surface area (Å²) in [6.45, 7) is 2.44. The molecule has 2 N–H and O–H groups in total. The number of nitrogens with one attached hydrogen (secondary N) is 2. The minimum Gasteiger partial charge on any atom is -0.497 e. The van der Waals surface area contributed by atoms with Crippen molar-refractivity contribution in [3.63, 3.8) is 0 Å². The van der Waals surface area contributed by atoms with E-state index in [1.54, 1.807) is 25.7 Å². The summed E-state index contributed by atoms with van der Waals surface area (Å²) in [5.41, 5.74) is 1.16. The van der Waals surface area contributed by atoms with Gasteiger partial charge in [0.1, 0.15) is 17.2 Å². The molecule has 2 rings (SSSR count). The fourth-order valence-electron chi connectivity index (χ4n) is 1.70. The second-order valence-corrected chi connectivity index (χ2v) is 4.95. The maximum Gasteiger partial charge on any atom is 0.270 e. The quantitative estimate of drug-likeness (QED) is 0.858. The van der Waals surface area contributed by atoms with Crippen molar-refractivity contribution in [2.75, 3.05) is 26.1 Å². The SMILES string of the molecule is CCNC(=O)c1csc(Nc2ccc(OC)cc2OC)n1. The number of methoxy groups -OCH3 is 2. The molecule has 0 aliphatic carbocycles. The number of ether oxygens (including phenoxy) is 2. The van der Waals surface area contributed by atoms with E-state index in [0.29, 0.717) is 28.9 Å². The molecule has 0 unspecified atom stereocenters. The van der Waals surface area contributed by atoms with E-state index in [-0.39, 0.29) is 5.91 Å². The van der Waals surface area contributed by atoms with Crippen molar-refractivity contribution in [3.8, 4) is 11.5 Å². The lowest BCUT2D eigenvalue weighted by molar-refractivity contribution is 0.0951. The number of amides is 1. The summed E-state index contributed by atoms with van der Waals surface area (Å²) in [4.78, 5) is 15.9. The molecule has 1 aromatic heterocycles. The monoisotopic (exact) mass is 307 g/mol. The molecule has 0 aliphatic heterocycles. The van der Waals surface area contributed by atoms with Crippen molar-refractivity contribution in [2.45, 2.75) is 6.92 Å². The van der Waals surface area contributed by atoms with Gasteiger partial charge in [-0.1, -0.05) is 0 Å². The molecule has 6 nitrogen and oxygen atoms in total. The van der Waals surface area contributed by atoms with E-state index in [4.69, 9.17) is 9.47 Å². The lowest BCUT2D eigenvalue weighted by atomic mass is 10.3. The summed E-state index contributed by atoms with van der Waals surface area (Å²) in [5, 5.41) is 8.19. The first kappa shape index (κ1) is 15.1. The number of thiazole rings is 1. The van der Waals surface area contributed by atoms with Gasteiger partial charge in [-0.2, -0.15) is 0 Å². The highest BCUT2D eigenvalue weighted by Gasteiger charge is 2.11. The van der Waals surface area contributed by atoms with Gasteiger partial charge in [-0.25, -0.2) is 4.98 Å². The maximum absolute atomic E-state index is 11.7. The van der Waals surface area contributed by atoms with Crippen LogP contribution in [-0.2, 0) is 0 Å². The standard InChI is InChI=1S/C14H17N3O3S/c1-4-15-13(18)11-8-21-14(17-11)16-10-6-5-9(19-2)7-12(10)20-3/h5-8H,4H2,1-3H3,(H,15,18)(H,16,17). The lowest BCUT2D eigenvalue weighted by Gasteiger charge is -2.10. The third-order valence-electron chi connectivity index (χ3n) is 2.72. The molecular weight excluding hydrogens is 290 g/mol. The number of nitrogens with zero attached hydrogens (tertiary/aromatic N) is 1. The Labute approximate surface area is 127 Å². The van der Waals surface area contributed by atoms with Gasteiger partial charge in [0, 0.05) is 18.0 Å². The molecule has 2 aromatic rings. The summed E-state index contributed by atoms with van der Waals surface area (Å²) in [5.74, 6) is 1.17. The van der Waals surface area contributed by atoms with Crippen LogP contribution < -0.4 is 20.1 Å². The average molecular weight is 307 g/mol. The van der Waals surface area contributed by atoms with Crippen molar-refractivity contribution in [2.24, 2.45) is 0 Å². The molecule has 0 atom stereocenters. The number of aromatic nitrogens is 1. The number of hydrogen-bond acceptors (Lipinski definition) is 6. The van der Waals surface area contributed by atoms with Gasteiger partial charge < -0.3 is 20.1 Å². The summed E-state index contributed by atoms with van der Waals surface area (Å²) in [7, 11) is 3.18. The van der Waals surface area contributed by atoms with Crippen LogP contribution in [0.3, 0.4) is 0 Å². The fraction of sp³-hybridized carbons (Fsp3) is 0.286. The Bertz CT molecular complexity index is 628. The van der Waals surface area contributed by atoms with E-state index in [0.717, 1.165) is 5.69 Å². The molecular formula is C14H17N3O3S. The van der Waals surface area contributed by atoms with Crippen LogP contribution in [0.1, 0.15) is 17.4 Å². The second-order valence-electron chi connectivity index (χ2n) is 4.09. The van der Waals surface area contributed by atoms with E-state index in [2.05, 4.69) is 15.6 Å². The van der Waals surface area contributed by atoms with Crippen LogP contribution in [0, 0.1) is 0 Å².